The Hall–Kier alpha value is -2.26. The largest absolute Gasteiger partial charge is 0.300 e. The van der Waals surface area contributed by atoms with E-state index in [1.807, 2.05) is 6.92 Å². The van der Waals surface area contributed by atoms with Gasteiger partial charge in [0.1, 0.15) is 5.69 Å². The minimum Gasteiger partial charge on any atom is -0.300 e. The van der Waals surface area contributed by atoms with Gasteiger partial charge in [0.25, 0.3) is 5.69 Å². The topological polar surface area (TPSA) is 98.3 Å². The molecule has 1 atom stereocenters. The molecule has 1 aromatic heterocycles. The molecule has 0 unspecified atom stereocenters. The lowest BCUT2D eigenvalue weighted by Gasteiger charge is -2.30. The number of benzene rings is 1. The van der Waals surface area contributed by atoms with Crippen LogP contribution >= 0.6 is 0 Å². The molecule has 0 saturated carbocycles. The van der Waals surface area contributed by atoms with Gasteiger partial charge in [-0.25, -0.2) is 13.4 Å². The average Bonchev–Trinajstić information content (AvgIpc) is 3.08. The molecule has 8 nitrogen and oxygen atoms in total. The minimum absolute atomic E-state index is 0.0489. The standard InChI is InChI=1S/C15H18N4O4S/c1-12-3-2-7-18(10-12)24(22,23)13-4-5-14(15(9-13)19(20)21)17-8-6-16-11-17/h4-6,8-9,11-12H,2-3,7,10H2,1H3/t12-/m0/s1. The molecule has 9 heteroatoms. The third-order valence-corrected chi connectivity index (χ3v) is 6.04. The van der Waals surface area contributed by atoms with E-state index in [2.05, 4.69) is 4.98 Å². The molecule has 0 amide bonds. The Labute approximate surface area is 139 Å². The lowest BCUT2D eigenvalue weighted by molar-refractivity contribution is -0.384. The number of piperidine rings is 1. The summed E-state index contributed by atoms with van der Waals surface area (Å²) in [6, 6.07) is 3.99. The fraction of sp³-hybridized carbons (Fsp3) is 0.400. The van der Waals surface area contributed by atoms with Crippen molar-refractivity contribution in [2.75, 3.05) is 13.1 Å². The van der Waals surface area contributed by atoms with Crippen molar-refractivity contribution in [1.82, 2.24) is 13.9 Å². The number of nitrogens with zero attached hydrogens (tertiary/aromatic N) is 4. The van der Waals surface area contributed by atoms with Crippen LogP contribution in [0.25, 0.3) is 5.69 Å². The summed E-state index contributed by atoms with van der Waals surface area (Å²) in [6.45, 7) is 2.90. The van der Waals surface area contributed by atoms with E-state index in [0.717, 1.165) is 18.9 Å². The van der Waals surface area contributed by atoms with Gasteiger partial charge in [-0.1, -0.05) is 6.92 Å². The third-order valence-electron chi connectivity index (χ3n) is 4.18. The highest BCUT2D eigenvalue weighted by molar-refractivity contribution is 7.89. The van der Waals surface area contributed by atoms with Gasteiger partial charge < -0.3 is 4.57 Å². The number of nitro groups is 1. The molecular formula is C15H18N4O4S. The lowest BCUT2D eigenvalue weighted by atomic mass is 10.0. The first-order chi connectivity index (χ1) is 11.4. The molecule has 2 aromatic rings. The number of hydrogen-bond acceptors (Lipinski definition) is 5. The van der Waals surface area contributed by atoms with Crippen LogP contribution in [-0.2, 0) is 10.0 Å². The highest BCUT2D eigenvalue weighted by atomic mass is 32.2. The van der Waals surface area contributed by atoms with Crippen molar-refractivity contribution in [3.05, 3.63) is 47.0 Å². The zero-order valence-electron chi connectivity index (χ0n) is 13.2. The summed E-state index contributed by atoms with van der Waals surface area (Å²) < 4.78 is 28.5. The Balaban J connectivity index is 2.03. The maximum atomic E-state index is 12.8. The second-order valence-corrected chi connectivity index (χ2v) is 7.93. The summed E-state index contributed by atoms with van der Waals surface area (Å²) in [6.07, 6.45) is 6.30. The summed E-state index contributed by atoms with van der Waals surface area (Å²) >= 11 is 0. The fourth-order valence-corrected chi connectivity index (χ4v) is 4.56. The lowest BCUT2D eigenvalue weighted by Crippen LogP contribution is -2.39. The maximum Gasteiger partial charge on any atom is 0.294 e. The zero-order chi connectivity index (χ0) is 17.3. The highest BCUT2D eigenvalue weighted by Crippen LogP contribution is 2.29. The third kappa shape index (κ3) is 3.04. The molecule has 0 spiro atoms. The Kier molecular flexibility index (Phi) is 4.37. The van der Waals surface area contributed by atoms with E-state index in [9.17, 15) is 18.5 Å². The van der Waals surface area contributed by atoms with Crippen molar-refractivity contribution in [2.24, 2.45) is 5.92 Å². The summed E-state index contributed by atoms with van der Waals surface area (Å²) in [7, 11) is -3.73. The monoisotopic (exact) mass is 350 g/mol. The number of rotatable bonds is 4. The molecule has 24 heavy (non-hydrogen) atoms. The summed E-state index contributed by atoms with van der Waals surface area (Å²) in [4.78, 5) is 14.6. The van der Waals surface area contributed by atoms with Gasteiger partial charge in [-0.05, 0) is 30.9 Å². The van der Waals surface area contributed by atoms with Gasteiger partial charge in [-0.2, -0.15) is 4.31 Å². The van der Waals surface area contributed by atoms with Gasteiger partial charge in [0, 0.05) is 31.5 Å². The second-order valence-electron chi connectivity index (χ2n) is 5.99. The first-order valence-electron chi connectivity index (χ1n) is 7.66. The number of hydrogen-bond donors (Lipinski definition) is 0. The number of imidazole rings is 1. The van der Waals surface area contributed by atoms with Gasteiger partial charge in [0.2, 0.25) is 10.0 Å². The molecule has 1 aliphatic rings. The molecular weight excluding hydrogens is 332 g/mol. The Morgan fingerprint density at radius 2 is 2.17 bits per heavy atom. The molecule has 128 valence electrons. The predicted octanol–water partition coefficient (Wildman–Crippen LogP) is 2.20. The van der Waals surface area contributed by atoms with Gasteiger partial charge in [0.15, 0.2) is 0 Å². The Bertz CT molecular complexity index is 848. The van der Waals surface area contributed by atoms with Crippen LogP contribution in [0.15, 0.2) is 41.8 Å². The van der Waals surface area contributed by atoms with Gasteiger partial charge in [-0.3, -0.25) is 10.1 Å². The smallest absolute Gasteiger partial charge is 0.294 e. The minimum atomic E-state index is -3.73. The van der Waals surface area contributed by atoms with Crippen LogP contribution in [0, 0.1) is 16.0 Å². The molecule has 0 radical (unpaired) electrons. The van der Waals surface area contributed by atoms with Crippen LogP contribution in [0.5, 0.6) is 0 Å². The van der Waals surface area contributed by atoms with Crippen molar-refractivity contribution >= 4 is 15.7 Å². The summed E-state index contributed by atoms with van der Waals surface area (Å²) in [5, 5.41) is 11.4. The van der Waals surface area contributed by atoms with Crippen LogP contribution in [0.2, 0.25) is 0 Å². The molecule has 0 aliphatic carbocycles. The molecule has 1 fully saturated rings. The molecule has 0 N–H and O–H groups in total. The van der Waals surface area contributed by atoms with Gasteiger partial charge in [0.05, 0.1) is 16.1 Å². The van der Waals surface area contributed by atoms with Crippen LogP contribution in [0.1, 0.15) is 19.8 Å². The Morgan fingerprint density at radius 3 is 2.79 bits per heavy atom. The summed E-state index contributed by atoms with van der Waals surface area (Å²) in [5.74, 6) is 0.286. The SMILES string of the molecule is C[C@H]1CCCN(S(=O)(=O)c2ccc(-n3ccnc3)c([N+](=O)[O-])c2)C1. The molecule has 1 saturated heterocycles. The normalized spacial score (nSPS) is 19.3. The fourth-order valence-electron chi connectivity index (χ4n) is 2.94. The molecule has 1 aliphatic heterocycles. The molecule has 0 bridgehead atoms. The molecule has 3 rings (SSSR count). The second kappa shape index (κ2) is 6.33. The van der Waals surface area contributed by atoms with E-state index >= 15 is 0 Å². The van der Waals surface area contributed by atoms with E-state index in [1.165, 1.54) is 33.5 Å². The molecule has 2 heterocycles. The van der Waals surface area contributed by atoms with Crippen LogP contribution in [0.3, 0.4) is 0 Å². The number of aromatic nitrogens is 2. The van der Waals surface area contributed by atoms with Gasteiger partial charge in [-0.15, -0.1) is 0 Å². The zero-order valence-corrected chi connectivity index (χ0v) is 14.0. The van der Waals surface area contributed by atoms with Crippen molar-refractivity contribution in [3.63, 3.8) is 0 Å². The predicted molar refractivity (Wildman–Crippen MR) is 87.4 cm³/mol. The van der Waals surface area contributed by atoms with E-state index in [-0.39, 0.29) is 22.2 Å². The highest BCUT2D eigenvalue weighted by Gasteiger charge is 2.30. The summed E-state index contributed by atoms with van der Waals surface area (Å²) in [5.41, 5.74) is 0.0163. The number of sulfonamides is 1. The van der Waals surface area contributed by atoms with Crippen LogP contribution in [-0.4, -0.2) is 40.3 Å². The van der Waals surface area contributed by atoms with E-state index in [1.54, 1.807) is 6.20 Å². The van der Waals surface area contributed by atoms with Crippen molar-refractivity contribution in [1.29, 1.82) is 0 Å². The first kappa shape index (κ1) is 16.6. The van der Waals surface area contributed by atoms with Crippen molar-refractivity contribution < 1.29 is 13.3 Å². The van der Waals surface area contributed by atoms with E-state index in [4.69, 9.17) is 0 Å². The van der Waals surface area contributed by atoms with Crippen LogP contribution < -0.4 is 0 Å². The van der Waals surface area contributed by atoms with Crippen molar-refractivity contribution in [2.45, 2.75) is 24.7 Å². The maximum absolute atomic E-state index is 12.8. The van der Waals surface area contributed by atoms with Crippen LogP contribution in [0.4, 0.5) is 5.69 Å². The quantitative estimate of drug-likeness (QED) is 0.622. The van der Waals surface area contributed by atoms with E-state index < -0.39 is 14.9 Å². The average molecular weight is 350 g/mol. The first-order valence-corrected chi connectivity index (χ1v) is 9.10. The Morgan fingerprint density at radius 1 is 1.38 bits per heavy atom. The number of nitro benzene ring substituents is 1. The van der Waals surface area contributed by atoms with E-state index in [0.29, 0.717) is 13.1 Å². The molecule has 1 aromatic carbocycles. The van der Waals surface area contributed by atoms with Gasteiger partial charge >= 0.3 is 0 Å². The van der Waals surface area contributed by atoms with Crippen molar-refractivity contribution in [3.8, 4) is 5.69 Å².